The maximum absolute atomic E-state index is 15.3. The van der Waals surface area contributed by atoms with E-state index in [0.717, 1.165) is 12.8 Å². The van der Waals surface area contributed by atoms with E-state index < -0.39 is 239 Å². The van der Waals surface area contributed by atoms with Gasteiger partial charge in [-0.1, -0.05) is 60.1 Å². The zero-order valence-corrected chi connectivity index (χ0v) is 56.5. The Hall–Kier alpha value is -1.95. The van der Waals surface area contributed by atoms with Gasteiger partial charge in [0.05, 0.1) is 50.2 Å². The lowest BCUT2D eigenvalue weighted by atomic mass is 9.33. The second-order valence-electron chi connectivity index (χ2n) is 31.9. The predicted octanol–water partition coefficient (Wildman–Crippen LogP) is -4.33. The molecule has 11 aliphatic rings. The van der Waals surface area contributed by atoms with E-state index in [4.69, 9.17) is 56.8 Å². The molecule has 0 bridgehead atoms. The first-order chi connectivity index (χ1) is 45.4. The molecule has 558 valence electrons. The van der Waals surface area contributed by atoms with Gasteiger partial charge in [-0.2, -0.15) is 0 Å². The molecule has 18 N–H and O–H groups in total. The summed E-state index contributed by atoms with van der Waals surface area (Å²) < 4.78 is 71.1. The van der Waals surface area contributed by atoms with Crippen molar-refractivity contribution >= 4 is 5.97 Å². The lowest BCUT2D eigenvalue weighted by Crippen LogP contribution is -2.67. The van der Waals surface area contributed by atoms with Gasteiger partial charge in [-0.05, 0) is 123 Å². The van der Waals surface area contributed by atoms with Crippen LogP contribution in [0.3, 0.4) is 0 Å². The number of allylic oxidation sites excluding steroid dienone is 2. The molecule has 31 heteroatoms. The zero-order valence-electron chi connectivity index (χ0n) is 56.5. The quantitative estimate of drug-likeness (QED) is 0.0395. The summed E-state index contributed by atoms with van der Waals surface area (Å²) in [5.74, 6) is -0.682. The van der Waals surface area contributed by atoms with Crippen molar-refractivity contribution in [2.45, 2.75) is 317 Å². The van der Waals surface area contributed by atoms with Gasteiger partial charge in [0, 0.05) is 0 Å². The third kappa shape index (κ3) is 13.2. The van der Waals surface area contributed by atoms with Crippen molar-refractivity contribution in [1.29, 1.82) is 0 Å². The standard InChI is InChI=1S/C66H108O31/c1-25-36(70)41(75)45(79)55(88-25)95-52-37(71)26(2)87-54(49(52)83)86-24-32-39(73)43(77)47(81)58(92-32)94-51-31(23-69)91-56(48(82)44(51)78)93-35-13-14-63(7)33(62(35,5)6)12-15-65(9)34(63)11-10-27-28-20-61(3,4)16-18-66(28,19-17-64(27,65)8)60(85)97-59-50(84)53(40(74)30(22-68)90-59)96-57-46(80)42(76)38(72)29(21-67)89-57/h10,25-26,28-59,67-84H,11-24H2,1-9H3. The van der Waals surface area contributed by atoms with Crippen molar-refractivity contribution < 1.29 is 154 Å². The van der Waals surface area contributed by atoms with Crippen LogP contribution in [0.2, 0.25) is 0 Å². The van der Waals surface area contributed by atoms with Crippen molar-refractivity contribution in [2.75, 3.05) is 26.4 Å². The van der Waals surface area contributed by atoms with Crippen LogP contribution in [0.1, 0.15) is 127 Å². The molecule has 0 radical (unpaired) electrons. The summed E-state index contributed by atoms with van der Waals surface area (Å²) in [6.45, 7) is 15.6. The summed E-state index contributed by atoms with van der Waals surface area (Å²) >= 11 is 0. The highest BCUT2D eigenvalue weighted by Crippen LogP contribution is 2.76. The van der Waals surface area contributed by atoms with E-state index in [-0.39, 0.29) is 34.0 Å². The fraction of sp³-hybridized carbons (Fsp3) is 0.955. The Labute approximate surface area is 563 Å². The molecule has 0 aromatic heterocycles. The molecule has 0 aromatic rings. The van der Waals surface area contributed by atoms with Gasteiger partial charge < -0.3 is 149 Å². The van der Waals surface area contributed by atoms with Gasteiger partial charge in [0.25, 0.3) is 0 Å². The van der Waals surface area contributed by atoms with Crippen molar-refractivity contribution in [3.63, 3.8) is 0 Å². The number of esters is 1. The summed E-state index contributed by atoms with van der Waals surface area (Å²) in [5.41, 5.74) is -1.56. The third-order valence-electron chi connectivity index (χ3n) is 25.6. The lowest BCUT2D eigenvalue weighted by molar-refractivity contribution is -0.375. The van der Waals surface area contributed by atoms with Crippen LogP contribution in [-0.2, 0) is 61.6 Å². The normalized spacial score (nSPS) is 54.5. The minimum absolute atomic E-state index is 0.0648. The zero-order chi connectivity index (χ0) is 70.9. The molecule has 0 amide bonds. The molecule has 97 heavy (non-hydrogen) atoms. The first kappa shape index (κ1) is 76.2. The van der Waals surface area contributed by atoms with Gasteiger partial charge >= 0.3 is 5.97 Å². The van der Waals surface area contributed by atoms with E-state index in [9.17, 15) is 91.9 Å². The molecular formula is C66H108O31. The minimum Gasteiger partial charge on any atom is -0.432 e. The van der Waals surface area contributed by atoms with Crippen LogP contribution < -0.4 is 0 Å². The van der Waals surface area contributed by atoms with Gasteiger partial charge in [-0.25, -0.2) is 0 Å². The van der Waals surface area contributed by atoms with Crippen LogP contribution in [0.15, 0.2) is 11.6 Å². The van der Waals surface area contributed by atoms with Gasteiger partial charge in [0.15, 0.2) is 31.5 Å². The first-order valence-electron chi connectivity index (χ1n) is 34.6. The van der Waals surface area contributed by atoms with Crippen LogP contribution in [0.4, 0.5) is 0 Å². The second-order valence-corrected chi connectivity index (χ2v) is 31.9. The van der Waals surface area contributed by atoms with E-state index in [1.54, 1.807) is 0 Å². The van der Waals surface area contributed by atoms with E-state index in [1.807, 2.05) is 0 Å². The fourth-order valence-electron chi connectivity index (χ4n) is 19.3. The summed E-state index contributed by atoms with van der Waals surface area (Å²) in [4.78, 5) is 15.3. The van der Waals surface area contributed by atoms with E-state index in [1.165, 1.54) is 19.4 Å². The average molecular weight is 1400 g/mol. The maximum atomic E-state index is 15.3. The molecule has 11 rings (SSSR count). The molecule has 38 atom stereocenters. The van der Waals surface area contributed by atoms with Crippen molar-refractivity contribution in [1.82, 2.24) is 0 Å². The largest absolute Gasteiger partial charge is 0.432 e. The predicted molar refractivity (Wildman–Crippen MR) is 325 cm³/mol. The Morgan fingerprint density at radius 3 is 1.57 bits per heavy atom. The molecule has 6 saturated heterocycles. The van der Waals surface area contributed by atoms with Gasteiger partial charge in [-0.3, -0.25) is 4.79 Å². The highest BCUT2D eigenvalue weighted by molar-refractivity contribution is 5.79. The number of carbonyl (C=O) groups is 1. The minimum atomic E-state index is -1.97. The van der Waals surface area contributed by atoms with E-state index >= 15 is 4.79 Å². The Balaban J connectivity index is 0.741. The average Bonchev–Trinajstić information content (AvgIpc) is 0.676. The topological polar surface area (TPSA) is 492 Å². The number of aliphatic hydroxyl groups is 18. The number of carbonyl (C=O) groups excluding carboxylic acids is 1. The van der Waals surface area contributed by atoms with E-state index in [2.05, 4.69) is 54.5 Å². The Morgan fingerprint density at radius 2 is 0.938 bits per heavy atom. The molecule has 31 nitrogen and oxygen atoms in total. The molecule has 10 fully saturated rings. The lowest BCUT2D eigenvalue weighted by Gasteiger charge is -2.71. The molecule has 5 aliphatic carbocycles. The highest BCUT2D eigenvalue weighted by Gasteiger charge is 2.71. The highest BCUT2D eigenvalue weighted by atomic mass is 16.8. The fourth-order valence-corrected chi connectivity index (χ4v) is 19.3. The molecule has 4 saturated carbocycles. The summed E-state index contributed by atoms with van der Waals surface area (Å²) in [6, 6.07) is 0. The summed E-state index contributed by atoms with van der Waals surface area (Å²) in [5, 5.41) is 196. The molecular weight excluding hydrogens is 1290 g/mol. The maximum Gasteiger partial charge on any atom is 0.315 e. The van der Waals surface area contributed by atoms with Gasteiger partial charge in [0.1, 0.15) is 134 Å². The summed E-state index contributed by atoms with van der Waals surface area (Å²) in [6.07, 6.45) is -41.4. The van der Waals surface area contributed by atoms with Crippen molar-refractivity contribution in [2.24, 2.45) is 50.2 Å². The van der Waals surface area contributed by atoms with Crippen LogP contribution in [0.25, 0.3) is 0 Å². The number of hydrogen-bond acceptors (Lipinski definition) is 31. The Bertz CT molecular complexity index is 2730. The Morgan fingerprint density at radius 1 is 0.454 bits per heavy atom. The number of ether oxygens (including phenoxy) is 12. The summed E-state index contributed by atoms with van der Waals surface area (Å²) in [7, 11) is 0. The molecule has 38 unspecified atom stereocenters. The monoisotopic (exact) mass is 1400 g/mol. The first-order valence-corrected chi connectivity index (χ1v) is 34.6. The van der Waals surface area contributed by atoms with Crippen LogP contribution in [-0.4, -0.2) is 315 Å². The van der Waals surface area contributed by atoms with Crippen molar-refractivity contribution in [3.05, 3.63) is 11.6 Å². The number of hydrogen-bond donors (Lipinski definition) is 18. The van der Waals surface area contributed by atoms with Gasteiger partial charge in [0.2, 0.25) is 6.29 Å². The molecule has 0 aromatic carbocycles. The SMILES string of the molecule is CC1OC(OC2C(O)C(C)OC(OCC3OC(OC4C(CO)OC(OC5CCC6(C)C(CCC7(C)C6CC=C6C8CC(C)(C)CCC8(C(=O)OC8OC(CO)C(O)C(OC9OC(CO)C(O)C(O)C9O)C8O)CCC67C)C5(C)C)C(O)C4O)C(O)C(O)C3O)C2O)C(O)C(O)C1O. The number of aliphatic hydroxyl groups excluding tert-OH is 18. The Kier molecular flexibility index (Phi) is 22.4. The number of rotatable bonds is 16. The second kappa shape index (κ2) is 28.5. The van der Waals surface area contributed by atoms with Crippen molar-refractivity contribution in [3.8, 4) is 0 Å². The van der Waals surface area contributed by atoms with Crippen LogP contribution in [0.5, 0.6) is 0 Å². The van der Waals surface area contributed by atoms with Crippen LogP contribution >= 0.6 is 0 Å². The molecule has 0 spiro atoms. The van der Waals surface area contributed by atoms with Crippen LogP contribution in [0, 0.1) is 50.2 Å². The number of fused-ring (bicyclic) bond motifs is 7. The smallest absolute Gasteiger partial charge is 0.315 e. The van der Waals surface area contributed by atoms with E-state index in [0.29, 0.717) is 51.4 Å². The third-order valence-corrected chi connectivity index (χ3v) is 25.6. The molecule has 6 heterocycles. The van der Waals surface area contributed by atoms with Gasteiger partial charge in [-0.15, -0.1) is 0 Å². The molecule has 6 aliphatic heterocycles.